The molecule has 1 aromatic carbocycles. The number of nitrogens with zero attached hydrogens (tertiary/aromatic N) is 4. The highest BCUT2D eigenvalue weighted by atomic mass is 35.5. The van der Waals surface area contributed by atoms with Crippen molar-refractivity contribution in [2.75, 3.05) is 38.1 Å². The first-order chi connectivity index (χ1) is 14.2. The van der Waals surface area contributed by atoms with Crippen LogP contribution >= 0.6 is 11.6 Å². The molecule has 4 nitrogen and oxygen atoms in total. The molecule has 0 radical (unpaired) electrons. The minimum absolute atomic E-state index is 0.729. The van der Waals surface area contributed by atoms with E-state index in [9.17, 15) is 0 Å². The van der Waals surface area contributed by atoms with Crippen LogP contribution in [0.15, 0.2) is 60.9 Å². The molecule has 0 amide bonds. The quantitative estimate of drug-likeness (QED) is 0.597. The van der Waals surface area contributed by atoms with Gasteiger partial charge >= 0.3 is 0 Å². The van der Waals surface area contributed by atoms with E-state index in [0.717, 1.165) is 65.8 Å². The van der Waals surface area contributed by atoms with Crippen molar-refractivity contribution in [3.8, 4) is 23.0 Å². The van der Waals surface area contributed by atoms with Crippen molar-refractivity contribution in [3.63, 3.8) is 0 Å². The first-order valence-corrected chi connectivity index (χ1v) is 10.2. The molecule has 0 saturated carbocycles. The molecule has 1 aliphatic heterocycles. The molecular formula is C24H23ClN4. The summed E-state index contributed by atoms with van der Waals surface area (Å²) in [6.45, 7) is 4.27. The standard InChI is InChI=1S/C24H23ClN4/c1-28-13-2-14-29(16-15-28)24-12-4-19(17-27-24)3-10-23-11-7-21(18-26-23)20-5-8-22(25)9-6-20/h4-9,11-12,17-18H,2,13-16H2,1H3. The van der Waals surface area contributed by atoms with Crippen molar-refractivity contribution in [1.29, 1.82) is 0 Å². The molecule has 0 atom stereocenters. The van der Waals surface area contributed by atoms with Gasteiger partial charge in [-0.05, 0) is 61.8 Å². The Labute approximate surface area is 177 Å². The molecule has 3 heterocycles. The van der Waals surface area contributed by atoms with E-state index >= 15 is 0 Å². The molecule has 0 aliphatic carbocycles. The Balaban J connectivity index is 1.43. The number of pyridine rings is 2. The first kappa shape index (κ1) is 19.4. The Morgan fingerprint density at radius 3 is 2.34 bits per heavy atom. The normalized spacial score (nSPS) is 14.8. The topological polar surface area (TPSA) is 32.3 Å². The van der Waals surface area contributed by atoms with E-state index in [2.05, 4.69) is 44.7 Å². The smallest absolute Gasteiger partial charge is 0.128 e. The summed E-state index contributed by atoms with van der Waals surface area (Å²) in [5.74, 6) is 7.30. The SMILES string of the molecule is CN1CCCN(c2ccc(C#Cc3ccc(-c4ccc(Cl)cc4)cn3)cn2)CC1. The van der Waals surface area contributed by atoms with Crippen molar-refractivity contribution in [2.45, 2.75) is 6.42 Å². The highest BCUT2D eigenvalue weighted by molar-refractivity contribution is 6.30. The average molecular weight is 403 g/mol. The van der Waals surface area contributed by atoms with Gasteiger partial charge in [-0.15, -0.1) is 0 Å². The first-order valence-electron chi connectivity index (χ1n) is 9.81. The number of aromatic nitrogens is 2. The number of benzene rings is 1. The number of likely N-dealkylation sites (N-methyl/N-ethyl adjacent to an activating group) is 1. The van der Waals surface area contributed by atoms with Crippen molar-refractivity contribution < 1.29 is 0 Å². The van der Waals surface area contributed by atoms with Gasteiger partial charge in [-0.2, -0.15) is 0 Å². The second-order valence-electron chi connectivity index (χ2n) is 7.24. The van der Waals surface area contributed by atoms with Gasteiger partial charge in [0.05, 0.1) is 0 Å². The lowest BCUT2D eigenvalue weighted by Gasteiger charge is -2.21. The van der Waals surface area contributed by atoms with Crippen molar-refractivity contribution in [2.24, 2.45) is 0 Å². The van der Waals surface area contributed by atoms with E-state index in [0.29, 0.717) is 0 Å². The van der Waals surface area contributed by atoms with Crippen LogP contribution in [0.2, 0.25) is 5.02 Å². The third-order valence-corrected chi connectivity index (χ3v) is 5.32. The Bertz CT molecular complexity index is 1000. The van der Waals surface area contributed by atoms with Gasteiger partial charge in [0.1, 0.15) is 11.5 Å². The summed E-state index contributed by atoms with van der Waals surface area (Å²) < 4.78 is 0. The van der Waals surface area contributed by atoms with Crippen LogP contribution in [0.1, 0.15) is 17.7 Å². The van der Waals surface area contributed by atoms with Gasteiger partial charge < -0.3 is 9.80 Å². The summed E-state index contributed by atoms with van der Waals surface area (Å²) in [7, 11) is 2.17. The van der Waals surface area contributed by atoms with E-state index in [-0.39, 0.29) is 0 Å². The Morgan fingerprint density at radius 2 is 1.62 bits per heavy atom. The second kappa shape index (κ2) is 9.09. The molecule has 1 saturated heterocycles. The maximum Gasteiger partial charge on any atom is 0.128 e. The lowest BCUT2D eigenvalue weighted by molar-refractivity contribution is 0.360. The van der Waals surface area contributed by atoms with Crippen LogP contribution in [0, 0.1) is 11.8 Å². The molecular weight excluding hydrogens is 380 g/mol. The van der Waals surface area contributed by atoms with Crippen molar-refractivity contribution >= 4 is 17.4 Å². The largest absolute Gasteiger partial charge is 0.355 e. The van der Waals surface area contributed by atoms with Gasteiger partial charge in [0.25, 0.3) is 0 Å². The molecule has 0 bridgehead atoms. The number of rotatable bonds is 2. The molecule has 4 rings (SSSR count). The summed E-state index contributed by atoms with van der Waals surface area (Å²) in [6.07, 6.45) is 4.85. The van der Waals surface area contributed by atoms with Crippen LogP contribution in [-0.2, 0) is 0 Å². The number of hydrogen-bond acceptors (Lipinski definition) is 4. The molecule has 3 aromatic rings. The van der Waals surface area contributed by atoms with Crippen molar-refractivity contribution in [1.82, 2.24) is 14.9 Å². The molecule has 1 fully saturated rings. The number of anilines is 1. The molecule has 1 aliphatic rings. The van der Waals surface area contributed by atoms with E-state index in [1.54, 1.807) is 0 Å². The van der Waals surface area contributed by atoms with Gasteiger partial charge in [0.15, 0.2) is 0 Å². The van der Waals surface area contributed by atoms with Gasteiger partial charge in [-0.3, -0.25) is 0 Å². The van der Waals surface area contributed by atoms with Crippen LogP contribution in [0.3, 0.4) is 0 Å². The fourth-order valence-electron chi connectivity index (χ4n) is 3.34. The second-order valence-corrected chi connectivity index (χ2v) is 7.67. The van der Waals surface area contributed by atoms with Crippen molar-refractivity contribution in [3.05, 3.63) is 77.2 Å². The molecule has 0 N–H and O–H groups in total. The molecule has 0 unspecified atom stereocenters. The van der Waals surface area contributed by atoms with Crippen LogP contribution in [-0.4, -0.2) is 48.1 Å². The minimum atomic E-state index is 0.729. The Morgan fingerprint density at radius 1 is 0.793 bits per heavy atom. The lowest BCUT2D eigenvalue weighted by Crippen LogP contribution is -2.29. The number of hydrogen-bond donors (Lipinski definition) is 0. The van der Waals surface area contributed by atoms with Gasteiger partial charge in [0, 0.05) is 48.2 Å². The maximum atomic E-state index is 5.95. The van der Waals surface area contributed by atoms with Crippen LogP contribution in [0.25, 0.3) is 11.1 Å². The van der Waals surface area contributed by atoms with Crippen LogP contribution in [0.4, 0.5) is 5.82 Å². The van der Waals surface area contributed by atoms with Crippen LogP contribution in [0.5, 0.6) is 0 Å². The van der Waals surface area contributed by atoms with Gasteiger partial charge in [-0.1, -0.05) is 35.7 Å². The van der Waals surface area contributed by atoms with E-state index in [1.807, 2.05) is 54.9 Å². The predicted octanol–water partition coefficient (Wildman–Crippen LogP) is 4.34. The predicted molar refractivity (Wildman–Crippen MR) is 119 cm³/mol. The van der Waals surface area contributed by atoms with E-state index in [1.165, 1.54) is 0 Å². The Hall–Kier alpha value is -2.87. The molecule has 2 aromatic heterocycles. The van der Waals surface area contributed by atoms with Gasteiger partial charge in [-0.25, -0.2) is 9.97 Å². The lowest BCUT2D eigenvalue weighted by atomic mass is 10.1. The summed E-state index contributed by atoms with van der Waals surface area (Å²) in [5, 5.41) is 0.729. The Kier molecular flexibility index (Phi) is 6.09. The monoisotopic (exact) mass is 402 g/mol. The maximum absolute atomic E-state index is 5.95. The van der Waals surface area contributed by atoms with E-state index in [4.69, 9.17) is 11.6 Å². The van der Waals surface area contributed by atoms with E-state index < -0.39 is 0 Å². The highest BCUT2D eigenvalue weighted by Crippen LogP contribution is 2.20. The third-order valence-electron chi connectivity index (χ3n) is 5.07. The molecule has 5 heteroatoms. The zero-order chi connectivity index (χ0) is 20.1. The molecule has 146 valence electrons. The minimum Gasteiger partial charge on any atom is -0.355 e. The van der Waals surface area contributed by atoms with Gasteiger partial charge in [0.2, 0.25) is 0 Å². The zero-order valence-electron chi connectivity index (χ0n) is 16.5. The van der Waals surface area contributed by atoms with Crippen LogP contribution < -0.4 is 4.90 Å². The summed E-state index contributed by atoms with van der Waals surface area (Å²) >= 11 is 5.95. The summed E-state index contributed by atoms with van der Waals surface area (Å²) in [5.41, 5.74) is 3.76. The number of halogens is 1. The molecule has 29 heavy (non-hydrogen) atoms. The fourth-order valence-corrected chi connectivity index (χ4v) is 3.47. The average Bonchev–Trinajstić information content (AvgIpc) is 2.98. The fraction of sp³-hybridized carbons (Fsp3) is 0.250. The summed E-state index contributed by atoms with van der Waals surface area (Å²) in [6, 6.07) is 15.8. The summed E-state index contributed by atoms with van der Waals surface area (Å²) in [4.78, 5) is 13.8. The third kappa shape index (κ3) is 5.14. The molecule has 0 spiro atoms. The zero-order valence-corrected chi connectivity index (χ0v) is 17.2. The highest BCUT2D eigenvalue weighted by Gasteiger charge is 2.13.